The van der Waals surface area contributed by atoms with Crippen LogP contribution in [0, 0.1) is 5.21 Å². The maximum Gasteiger partial charge on any atom is 0.407 e. The Kier molecular flexibility index (Phi) is 3.88. The van der Waals surface area contributed by atoms with Crippen LogP contribution >= 0.6 is 0 Å². The van der Waals surface area contributed by atoms with Crippen LogP contribution in [0.5, 0.6) is 0 Å². The molecule has 0 saturated carbocycles. The minimum absolute atomic E-state index is 0.0320. The van der Waals surface area contributed by atoms with Gasteiger partial charge < -0.3 is 19.9 Å². The smallest absolute Gasteiger partial charge is 0.407 e. The van der Waals surface area contributed by atoms with E-state index < -0.39 is 0 Å². The normalized spacial score (nSPS) is 20.4. The van der Waals surface area contributed by atoms with E-state index in [1.165, 1.54) is 5.57 Å². The lowest BCUT2D eigenvalue weighted by Crippen LogP contribution is -2.34. The molecule has 1 N–H and O–H groups in total. The fraction of sp³-hybridized carbons (Fsp3) is 0.500. The molecule has 1 amide bonds. The van der Waals surface area contributed by atoms with Crippen LogP contribution in [-0.4, -0.2) is 50.6 Å². The van der Waals surface area contributed by atoms with Gasteiger partial charge in [-0.25, -0.2) is 4.79 Å². The number of carbonyl (C=O) groups is 1. The number of amides is 1. The fourth-order valence-corrected chi connectivity index (χ4v) is 2.84. The second-order valence-electron chi connectivity index (χ2n) is 6.46. The zero-order chi connectivity index (χ0) is 15.7. The number of nitrogens with zero attached hydrogens (tertiary/aromatic N) is 2. The summed E-state index contributed by atoms with van der Waals surface area (Å²) in [5, 5.41) is 16.7. The summed E-state index contributed by atoms with van der Waals surface area (Å²) in [7, 11) is 3.32. The molecule has 1 atom stereocenters. The first-order chi connectivity index (χ1) is 10.4. The number of hydrogen-bond acceptors (Lipinski definition) is 4. The highest BCUT2D eigenvalue weighted by molar-refractivity contribution is 5.69. The molecular formula is C16H21N3O3. The standard InChI is InChI=1S/C16H21N3O3/c1-19(2,21)6-5-12-9-17-15-4-3-11(8-14(12)15)7-13-10-22-16(20)18-13/h3-4,8,13H,5-7,9-10H2,1-2H3,(H,18,20)/t13-/m0/s1. The van der Waals surface area contributed by atoms with Crippen LogP contribution in [0.25, 0.3) is 5.57 Å². The first kappa shape index (κ1) is 15.0. The fourth-order valence-electron chi connectivity index (χ4n) is 2.84. The van der Waals surface area contributed by atoms with Crippen LogP contribution in [0.3, 0.4) is 0 Å². The SMILES string of the molecule is C[N+](C)([O-])CCC1=c2cc(C[C@H]3COC(=O)N3)ccc2=NC1. The highest BCUT2D eigenvalue weighted by Crippen LogP contribution is 2.10. The molecule has 3 rings (SSSR count). The minimum atomic E-state index is -0.344. The Morgan fingerprint density at radius 3 is 2.95 bits per heavy atom. The van der Waals surface area contributed by atoms with Crippen LogP contribution in [0.1, 0.15) is 12.0 Å². The maximum atomic E-state index is 11.7. The molecule has 0 unspecified atom stereocenters. The van der Waals surface area contributed by atoms with E-state index in [1.807, 2.05) is 12.1 Å². The number of alkyl carbamates (subject to hydrolysis) is 1. The number of ether oxygens (including phenoxy) is 1. The molecule has 22 heavy (non-hydrogen) atoms. The molecule has 6 nitrogen and oxygen atoms in total. The zero-order valence-corrected chi connectivity index (χ0v) is 13.0. The van der Waals surface area contributed by atoms with Gasteiger partial charge in [0.25, 0.3) is 0 Å². The van der Waals surface area contributed by atoms with Gasteiger partial charge in [-0.05, 0) is 29.7 Å². The van der Waals surface area contributed by atoms with Crippen molar-refractivity contribution in [3.05, 3.63) is 39.5 Å². The predicted molar refractivity (Wildman–Crippen MR) is 82.4 cm³/mol. The van der Waals surface area contributed by atoms with Crippen LogP contribution in [0.2, 0.25) is 0 Å². The molecule has 0 spiro atoms. The van der Waals surface area contributed by atoms with Gasteiger partial charge in [0, 0.05) is 11.6 Å². The van der Waals surface area contributed by atoms with E-state index in [9.17, 15) is 10.0 Å². The summed E-state index contributed by atoms with van der Waals surface area (Å²) in [6.07, 6.45) is 1.17. The Morgan fingerprint density at radius 2 is 2.27 bits per heavy atom. The second kappa shape index (κ2) is 5.70. The summed E-state index contributed by atoms with van der Waals surface area (Å²) in [5.41, 5.74) is 2.38. The van der Waals surface area contributed by atoms with Crippen molar-refractivity contribution < 1.29 is 14.2 Å². The van der Waals surface area contributed by atoms with Crippen LogP contribution in [0.4, 0.5) is 4.79 Å². The van der Waals surface area contributed by atoms with Gasteiger partial charge in [0.15, 0.2) is 0 Å². The van der Waals surface area contributed by atoms with Gasteiger partial charge in [-0.15, -0.1) is 0 Å². The molecule has 6 heteroatoms. The van der Waals surface area contributed by atoms with Crippen molar-refractivity contribution in [3.63, 3.8) is 0 Å². The third-order valence-corrected chi connectivity index (χ3v) is 4.05. The molecule has 118 valence electrons. The van der Waals surface area contributed by atoms with Crippen molar-refractivity contribution in [1.29, 1.82) is 0 Å². The number of cyclic esters (lactones) is 1. The average Bonchev–Trinajstić information content (AvgIpc) is 3.02. The van der Waals surface area contributed by atoms with Gasteiger partial charge in [0.2, 0.25) is 0 Å². The van der Waals surface area contributed by atoms with Crippen molar-refractivity contribution in [2.45, 2.75) is 18.9 Å². The van der Waals surface area contributed by atoms with E-state index in [2.05, 4.69) is 16.4 Å². The lowest BCUT2D eigenvalue weighted by molar-refractivity contribution is -0.839. The topological polar surface area (TPSA) is 73.8 Å². The summed E-state index contributed by atoms with van der Waals surface area (Å²) in [4.78, 5) is 15.6. The van der Waals surface area contributed by atoms with Crippen LogP contribution in [-0.2, 0) is 11.2 Å². The van der Waals surface area contributed by atoms with Gasteiger partial charge >= 0.3 is 6.09 Å². The molecule has 0 aromatic heterocycles. The number of nitrogens with one attached hydrogen (secondary N) is 1. The summed E-state index contributed by atoms with van der Waals surface area (Å²) in [5.74, 6) is 0. The summed E-state index contributed by atoms with van der Waals surface area (Å²) >= 11 is 0. The van der Waals surface area contributed by atoms with Crippen molar-refractivity contribution in [1.82, 2.24) is 5.32 Å². The minimum Gasteiger partial charge on any atom is -0.633 e. The number of carbonyl (C=O) groups excluding carboxylic acids is 1. The number of hydrogen-bond donors (Lipinski definition) is 1. The number of quaternary nitrogens is 1. The van der Waals surface area contributed by atoms with Gasteiger partial charge in [-0.1, -0.05) is 6.07 Å². The van der Waals surface area contributed by atoms with Crippen molar-refractivity contribution in [2.75, 3.05) is 33.8 Å². The summed E-state index contributed by atoms with van der Waals surface area (Å²) in [6.45, 7) is 1.65. The first-order valence-electron chi connectivity index (χ1n) is 7.53. The molecule has 1 aromatic rings. The quantitative estimate of drug-likeness (QED) is 0.619. The molecule has 0 bridgehead atoms. The van der Waals surface area contributed by atoms with Crippen LogP contribution < -0.4 is 15.9 Å². The molecule has 1 fully saturated rings. The monoisotopic (exact) mass is 303 g/mol. The number of benzene rings is 1. The highest BCUT2D eigenvalue weighted by atomic mass is 16.6. The van der Waals surface area contributed by atoms with Crippen molar-refractivity contribution in [3.8, 4) is 0 Å². The Labute approximate surface area is 129 Å². The van der Waals surface area contributed by atoms with E-state index in [4.69, 9.17) is 4.74 Å². The Balaban J connectivity index is 1.79. The van der Waals surface area contributed by atoms with Crippen molar-refractivity contribution in [2.24, 2.45) is 4.99 Å². The first-order valence-corrected chi connectivity index (χ1v) is 7.53. The molecular weight excluding hydrogens is 282 g/mol. The van der Waals surface area contributed by atoms with E-state index in [0.717, 1.165) is 29.0 Å². The van der Waals surface area contributed by atoms with E-state index >= 15 is 0 Å². The molecule has 0 radical (unpaired) electrons. The Hall–Kier alpha value is -1.92. The van der Waals surface area contributed by atoms with Gasteiger partial charge in [-0.2, -0.15) is 0 Å². The third-order valence-electron chi connectivity index (χ3n) is 4.05. The van der Waals surface area contributed by atoms with Gasteiger partial charge in [-0.3, -0.25) is 4.99 Å². The Bertz CT molecular complexity index is 706. The third kappa shape index (κ3) is 3.45. The highest BCUT2D eigenvalue weighted by Gasteiger charge is 2.22. The van der Waals surface area contributed by atoms with Crippen molar-refractivity contribution >= 4 is 11.7 Å². The van der Waals surface area contributed by atoms with Crippen LogP contribution in [0.15, 0.2) is 23.2 Å². The molecule has 1 saturated heterocycles. The van der Waals surface area contributed by atoms with E-state index in [-0.39, 0.29) is 16.8 Å². The van der Waals surface area contributed by atoms with E-state index in [0.29, 0.717) is 19.7 Å². The molecule has 2 aliphatic rings. The number of rotatable bonds is 5. The largest absolute Gasteiger partial charge is 0.633 e. The summed E-state index contributed by atoms with van der Waals surface area (Å²) in [6, 6.07) is 6.23. The predicted octanol–water partition coefficient (Wildman–Crippen LogP) is 0.0857. The van der Waals surface area contributed by atoms with Gasteiger partial charge in [0.1, 0.15) is 6.61 Å². The molecule has 2 aliphatic heterocycles. The van der Waals surface area contributed by atoms with Gasteiger partial charge in [0.05, 0.1) is 38.6 Å². The molecule has 0 aliphatic carbocycles. The second-order valence-corrected chi connectivity index (χ2v) is 6.46. The summed E-state index contributed by atoms with van der Waals surface area (Å²) < 4.78 is 4.63. The maximum absolute atomic E-state index is 11.7. The molecule has 2 heterocycles. The lowest BCUT2D eigenvalue weighted by atomic mass is 10.0. The molecule has 1 aromatic carbocycles. The zero-order valence-electron chi connectivity index (χ0n) is 13.0. The number of hydroxylamine groups is 3. The van der Waals surface area contributed by atoms with E-state index in [1.54, 1.807) is 14.1 Å². The average molecular weight is 303 g/mol. The number of fused-ring (bicyclic) bond motifs is 1. The lowest BCUT2D eigenvalue weighted by Gasteiger charge is -2.33. The Morgan fingerprint density at radius 1 is 1.45 bits per heavy atom.